The Balaban J connectivity index is 2.62. The highest BCUT2D eigenvalue weighted by atomic mass is 15.2. The number of aromatic nitrogens is 3. The molecule has 0 radical (unpaired) electrons. The van der Waals surface area contributed by atoms with Crippen LogP contribution >= 0.6 is 0 Å². The number of hydrogen-bond donors (Lipinski definition) is 1. The number of aromatic amines is 1. The van der Waals surface area contributed by atoms with Gasteiger partial charge in [-0.1, -0.05) is 0 Å². The highest BCUT2D eigenvalue weighted by molar-refractivity contribution is 5.72. The Hall–Kier alpha value is -1.58. The number of hydrogen-bond acceptors (Lipinski definition) is 3. The van der Waals surface area contributed by atoms with Gasteiger partial charge in [-0.25, -0.2) is 4.98 Å². The highest BCUT2D eigenvalue weighted by Gasteiger charge is 2.02. The maximum absolute atomic E-state index is 4.27. The van der Waals surface area contributed by atoms with E-state index in [1.165, 1.54) is 0 Å². The van der Waals surface area contributed by atoms with Crippen LogP contribution in [-0.4, -0.2) is 29.0 Å². The molecule has 0 fully saturated rings. The molecule has 0 aliphatic carbocycles. The van der Waals surface area contributed by atoms with Gasteiger partial charge in [0.15, 0.2) is 5.65 Å². The van der Waals surface area contributed by atoms with Gasteiger partial charge in [-0.05, 0) is 12.1 Å². The summed E-state index contributed by atoms with van der Waals surface area (Å²) in [5.74, 6) is 0.837. The summed E-state index contributed by atoms with van der Waals surface area (Å²) in [6.07, 6.45) is 1.74. The van der Waals surface area contributed by atoms with Crippen LogP contribution in [0.5, 0.6) is 0 Å². The Bertz CT molecular complexity index is 358. The first-order valence-electron chi connectivity index (χ1n) is 3.75. The van der Waals surface area contributed by atoms with Crippen molar-refractivity contribution < 1.29 is 0 Å². The number of imidazole rings is 1. The zero-order valence-electron chi connectivity index (χ0n) is 7.07. The summed E-state index contributed by atoms with van der Waals surface area (Å²) in [7, 11) is 3.88. The number of pyridine rings is 1. The van der Waals surface area contributed by atoms with E-state index >= 15 is 0 Å². The lowest BCUT2D eigenvalue weighted by Gasteiger charge is -2.05. The largest absolute Gasteiger partial charge is 0.348 e. The van der Waals surface area contributed by atoms with Crippen LogP contribution in [0.4, 0.5) is 5.95 Å². The van der Waals surface area contributed by atoms with E-state index in [0.717, 1.165) is 17.1 Å². The number of rotatable bonds is 1. The van der Waals surface area contributed by atoms with E-state index in [9.17, 15) is 0 Å². The average molecular weight is 162 g/mol. The van der Waals surface area contributed by atoms with E-state index in [0.29, 0.717) is 0 Å². The molecule has 0 spiro atoms. The Morgan fingerprint density at radius 3 is 2.92 bits per heavy atom. The van der Waals surface area contributed by atoms with Crippen molar-refractivity contribution in [2.24, 2.45) is 0 Å². The summed E-state index contributed by atoms with van der Waals surface area (Å²) >= 11 is 0. The third-order valence-electron chi connectivity index (χ3n) is 1.67. The first-order valence-corrected chi connectivity index (χ1v) is 3.75. The molecule has 62 valence electrons. The number of H-pyrrole nitrogens is 1. The molecule has 0 atom stereocenters. The lowest BCUT2D eigenvalue weighted by molar-refractivity contribution is 1.04. The zero-order chi connectivity index (χ0) is 8.55. The minimum absolute atomic E-state index is 0.765. The van der Waals surface area contributed by atoms with Crippen molar-refractivity contribution in [1.82, 2.24) is 15.0 Å². The fourth-order valence-electron chi connectivity index (χ4n) is 1.04. The molecule has 2 aromatic heterocycles. The lowest BCUT2D eigenvalue weighted by atomic mass is 10.4. The standard InChI is InChI=1S/C8H10N4/c1-12(2)8-10-6-4-3-5-9-7(6)11-8/h3-5H,1-2H3,(H,9,10,11). The second-order valence-electron chi connectivity index (χ2n) is 2.83. The Labute approximate surface area is 70.3 Å². The molecule has 1 N–H and O–H groups in total. The maximum atomic E-state index is 4.27. The third-order valence-corrected chi connectivity index (χ3v) is 1.67. The van der Waals surface area contributed by atoms with Gasteiger partial charge in [0.05, 0.1) is 5.52 Å². The van der Waals surface area contributed by atoms with E-state index in [1.54, 1.807) is 6.20 Å². The van der Waals surface area contributed by atoms with Gasteiger partial charge in [0.1, 0.15) is 0 Å². The van der Waals surface area contributed by atoms with Crippen molar-refractivity contribution in [2.75, 3.05) is 19.0 Å². The Kier molecular flexibility index (Phi) is 1.46. The van der Waals surface area contributed by atoms with E-state index in [-0.39, 0.29) is 0 Å². The van der Waals surface area contributed by atoms with Gasteiger partial charge in [-0.3, -0.25) is 0 Å². The summed E-state index contributed by atoms with van der Waals surface area (Å²) in [5, 5.41) is 0. The Morgan fingerprint density at radius 1 is 1.42 bits per heavy atom. The number of anilines is 1. The minimum atomic E-state index is 0.765. The summed E-state index contributed by atoms with van der Waals surface area (Å²) in [4.78, 5) is 13.5. The quantitative estimate of drug-likeness (QED) is 0.681. The predicted octanol–water partition coefficient (Wildman–Crippen LogP) is 1.02. The van der Waals surface area contributed by atoms with Crippen molar-refractivity contribution in [2.45, 2.75) is 0 Å². The molecule has 2 heterocycles. The first-order chi connectivity index (χ1) is 5.77. The molecule has 4 heteroatoms. The SMILES string of the molecule is CN(C)c1nc2ncccc2[nH]1. The van der Waals surface area contributed by atoms with Crippen molar-refractivity contribution in [3.63, 3.8) is 0 Å². The number of nitrogens with zero attached hydrogens (tertiary/aromatic N) is 3. The predicted molar refractivity (Wildman–Crippen MR) is 48.2 cm³/mol. The number of nitrogens with one attached hydrogen (secondary N) is 1. The van der Waals surface area contributed by atoms with Gasteiger partial charge in [-0.15, -0.1) is 0 Å². The van der Waals surface area contributed by atoms with Crippen LogP contribution < -0.4 is 4.90 Å². The molecule has 2 rings (SSSR count). The zero-order valence-corrected chi connectivity index (χ0v) is 7.07. The molecule has 12 heavy (non-hydrogen) atoms. The highest BCUT2D eigenvalue weighted by Crippen LogP contribution is 2.11. The smallest absolute Gasteiger partial charge is 0.204 e. The third kappa shape index (κ3) is 1.01. The molecule has 4 nitrogen and oxygen atoms in total. The Morgan fingerprint density at radius 2 is 2.25 bits per heavy atom. The molecule has 0 unspecified atom stereocenters. The van der Waals surface area contributed by atoms with Crippen LogP contribution in [0.1, 0.15) is 0 Å². The fraction of sp³-hybridized carbons (Fsp3) is 0.250. The molecule has 0 aliphatic heterocycles. The molecule has 0 aliphatic rings. The van der Waals surface area contributed by atoms with Crippen LogP contribution in [0.2, 0.25) is 0 Å². The molecule has 2 aromatic rings. The molecule has 0 amide bonds. The first kappa shape index (κ1) is 7.09. The summed E-state index contributed by atoms with van der Waals surface area (Å²) < 4.78 is 0. The molecule has 0 saturated carbocycles. The van der Waals surface area contributed by atoms with Crippen molar-refractivity contribution >= 4 is 17.1 Å². The lowest BCUT2D eigenvalue weighted by Crippen LogP contribution is -2.09. The van der Waals surface area contributed by atoms with Crippen LogP contribution in [0, 0.1) is 0 Å². The van der Waals surface area contributed by atoms with Crippen LogP contribution in [0.3, 0.4) is 0 Å². The van der Waals surface area contributed by atoms with Crippen molar-refractivity contribution in [1.29, 1.82) is 0 Å². The van der Waals surface area contributed by atoms with Gasteiger partial charge in [0, 0.05) is 20.3 Å². The molecule has 0 aromatic carbocycles. The van der Waals surface area contributed by atoms with Crippen LogP contribution in [0.15, 0.2) is 18.3 Å². The topological polar surface area (TPSA) is 44.8 Å². The summed E-state index contributed by atoms with van der Waals surface area (Å²) in [5.41, 5.74) is 1.74. The summed E-state index contributed by atoms with van der Waals surface area (Å²) in [6.45, 7) is 0. The van der Waals surface area contributed by atoms with Gasteiger partial charge in [-0.2, -0.15) is 4.98 Å². The van der Waals surface area contributed by atoms with E-state index in [2.05, 4.69) is 15.0 Å². The van der Waals surface area contributed by atoms with Gasteiger partial charge in [0.25, 0.3) is 0 Å². The fourth-order valence-corrected chi connectivity index (χ4v) is 1.04. The van der Waals surface area contributed by atoms with Gasteiger partial charge >= 0.3 is 0 Å². The van der Waals surface area contributed by atoms with E-state index in [1.807, 2.05) is 31.1 Å². The van der Waals surface area contributed by atoms with Crippen molar-refractivity contribution in [3.8, 4) is 0 Å². The second-order valence-corrected chi connectivity index (χ2v) is 2.83. The number of fused-ring (bicyclic) bond motifs is 1. The van der Waals surface area contributed by atoms with Crippen LogP contribution in [-0.2, 0) is 0 Å². The average Bonchev–Trinajstić information content (AvgIpc) is 2.46. The molecular formula is C8H10N4. The van der Waals surface area contributed by atoms with Gasteiger partial charge in [0.2, 0.25) is 5.95 Å². The van der Waals surface area contributed by atoms with E-state index < -0.39 is 0 Å². The molecular weight excluding hydrogens is 152 g/mol. The second kappa shape index (κ2) is 2.48. The normalized spacial score (nSPS) is 10.5. The molecule has 0 bridgehead atoms. The van der Waals surface area contributed by atoms with Gasteiger partial charge < -0.3 is 9.88 Å². The molecule has 0 saturated heterocycles. The maximum Gasteiger partial charge on any atom is 0.204 e. The van der Waals surface area contributed by atoms with Crippen LogP contribution in [0.25, 0.3) is 11.2 Å². The minimum Gasteiger partial charge on any atom is -0.348 e. The monoisotopic (exact) mass is 162 g/mol. The van der Waals surface area contributed by atoms with Crippen molar-refractivity contribution in [3.05, 3.63) is 18.3 Å². The van der Waals surface area contributed by atoms with E-state index in [4.69, 9.17) is 0 Å². The summed E-state index contributed by atoms with van der Waals surface area (Å²) in [6, 6.07) is 3.85.